The van der Waals surface area contributed by atoms with Crippen molar-refractivity contribution in [3.63, 3.8) is 0 Å². The molecule has 3 heteroatoms. The van der Waals surface area contributed by atoms with Crippen molar-refractivity contribution in [2.75, 3.05) is 6.54 Å². The molecule has 0 heterocycles. The Morgan fingerprint density at radius 3 is 2.70 bits per heavy atom. The van der Waals surface area contributed by atoms with E-state index >= 15 is 0 Å². The van der Waals surface area contributed by atoms with Crippen LogP contribution in [0.3, 0.4) is 0 Å². The van der Waals surface area contributed by atoms with Crippen molar-refractivity contribution in [2.45, 2.75) is 70.8 Å². The minimum Gasteiger partial charge on any atom is -0.314 e. The largest absolute Gasteiger partial charge is 0.314 e. The van der Waals surface area contributed by atoms with E-state index in [-0.39, 0.29) is 18.3 Å². The number of ketones is 1. The highest BCUT2D eigenvalue weighted by atomic mass is 35.5. The molecule has 1 unspecified atom stereocenters. The number of fused-ring (bicyclic) bond motifs is 1. The lowest BCUT2D eigenvalue weighted by molar-refractivity contribution is 0.0888. The summed E-state index contributed by atoms with van der Waals surface area (Å²) in [4.78, 5) is 13.0. The minimum absolute atomic E-state index is 0. The first-order chi connectivity index (χ1) is 10.8. The van der Waals surface area contributed by atoms with E-state index in [0.29, 0.717) is 11.8 Å². The maximum Gasteiger partial charge on any atom is 0.166 e. The molecular formula is C20H30ClNO. The van der Waals surface area contributed by atoms with Gasteiger partial charge in [-0.3, -0.25) is 4.79 Å². The second-order valence-electron chi connectivity index (χ2n) is 7.04. The Kier molecular flexibility index (Phi) is 7.10. The molecule has 1 atom stereocenters. The van der Waals surface area contributed by atoms with Gasteiger partial charge >= 0.3 is 0 Å². The number of benzene rings is 1. The summed E-state index contributed by atoms with van der Waals surface area (Å²) < 4.78 is 0. The van der Waals surface area contributed by atoms with Gasteiger partial charge in [-0.1, -0.05) is 44.4 Å². The topological polar surface area (TPSA) is 29.1 Å². The van der Waals surface area contributed by atoms with Crippen LogP contribution in [0, 0.1) is 5.92 Å². The van der Waals surface area contributed by atoms with Crippen LogP contribution < -0.4 is 5.32 Å². The third-order valence-electron chi connectivity index (χ3n) is 5.41. The SMILES string of the molecule is CCCNC1CCc2cccc(C(=O)C3CCCCC3)c2C1.Cl. The highest BCUT2D eigenvalue weighted by Crippen LogP contribution is 2.31. The van der Waals surface area contributed by atoms with E-state index < -0.39 is 0 Å². The molecule has 23 heavy (non-hydrogen) atoms. The van der Waals surface area contributed by atoms with E-state index in [0.717, 1.165) is 37.8 Å². The Morgan fingerprint density at radius 1 is 1.17 bits per heavy atom. The zero-order valence-electron chi connectivity index (χ0n) is 14.3. The predicted molar refractivity (Wildman–Crippen MR) is 98.7 cm³/mol. The van der Waals surface area contributed by atoms with Crippen LogP contribution in [0.5, 0.6) is 0 Å². The fourth-order valence-electron chi connectivity index (χ4n) is 4.13. The summed E-state index contributed by atoms with van der Waals surface area (Å²) in [6.45, 7) is 3.29. The van der Waals surface area contributed by atoms with Crippen LogP contribution in [-0.4, -0.2) is 18.4 Å². The van der Waals surface area contributed by atoms with Crippen LogP contribution in [0.15, 0.2) is 18.2 Å². The fourth-order valence-corrected chi connectivity index (χ4v) is 4.13. The Balaban J connectivity index is 0.00000192. The lowest BCUT2D eigenvalue weighted by Gasteiger charge is -2.28. The van der Waals surface area contributed by atoms with Crippen molar-refractivity contribution in [1.29, 1.82) is 0 Å². The average Bonchev–Trinajstić information content (AvgIpc) is 2.59. The molecule has 0 spiro atoms. The molecule has 2 aliphatic rings. The molecule has 0 aromatic heterocycles. The van der Waals surface area contributed by atoms with Gasteiger partial charge in [0.1, 0.15) is 0 Å². The van der Waals surface area contributed by atoms with Crippen LogP contribution >= 0.6 is 12.4 Å². The van der Waals surface area contributed by atoms with Gasteiger partial charge in [0.05, 0.1) is 0 Å². The zero-order valence-corrected chi connectivity index (χ0v) is 15.1. The average molecular weight is 336 g/mol. The number of aryl methyl sites for hydroxylation is 1. The molecule has 0 bridgehead atoms. The van der Waals surface area contributed by atoms with Crippen LogP contribution in [-0.2, 0) is 12.8 Å². The van der Waals surface area contributed by atoms with Crippen molar-refractivity contribution in [2.24, 2.45) is 5.92 Å². The number of hydrogen-bond acceptors (Lipinski definition) is 2. The Bertz CT molecular complexity index is 522. The van der Waals surface area contributed by atoms with E-state index in [1.54, 1.807) is 0 Å². The maximum absolute atomic E-state index is 13.0. The summed E-state index contributed by atoms with van der Waals surface area (Å²) in [6.07, 6.45) is 10.5. The molecule has 3 rings (SSSR count). The van der Waals surface area contributed by atoms with Gasteiger partial charge in [0.2, 0.25) is 0 Å². The van der Waals surface area contributed by atoms with Crippen molar-refractivity contribution >= 4 is 18.2 Å². The Morgan fingerprint density at radius 2 is 1.96 bits per heavy atom. The van der Waals surface area contributed by atoms with E-state index in [2.05, 4.69) is 30.4 Å². The second kappa shape index (κ2) is 8.84. The first-order valence-electron chi connectivity index (χ1n) is 9.18. The highest BCUT2D eigenvalue weighted by Gasteiger charge is 2.27. The molecular weight excluding hydrogens is 306 g/mol. The molecule has 2 aliphatic carbocycles. The van der Waals surface area contributed by atoms with Crippen LogP contribution in [0.1, 0.15) is 73.4 Å². The van der Waals surface area contributed by atoms with Gasteiger partial charge in [0, 0.05) is 17.5 Å². The van der Waals surface area contributed by atoms with Gasteiger partial charge in [0.15, 0.2) is 5.78 Å². The molecule has 0 aliphatic heterocycles. The molecule has 0 saturated heterocycles. The molecule has 1 saturated carbocycles. The monoisotopic (exact) mass is 335 g/mol. The first-order valence-corrected chi connectivity index (χ1v) is 9.18. The van der Waals surface area contributed by atoms with Crippen LogP contribution in [0.4, 0.5) is 0 Å². The number of hydrogen-bond donors (Lipinski definition) is 1. The van der Waals surface area contributed by atoms with E-state index in [1.807, 2.05) is 0 Å². The van der Waals surface area contributed by atoms with Crippen molar-refractivity contribution in [3.8, 4) is 0 Å². The number of carbonyl (C=O) groups excluding carboxylic acids is 1. The van der Waals surface area contributed by atoms with Crippen molar-refractivity contribution in [3.05, 3.63) is 34.9 Å². The smallest absolute Gasteiger partial charge is 0.166 e. The summed E-state index contributed by atoms with van der Waals surface area (Å²) in [5, 5.41) is 3.65. The van der Waals surface area contributed by atoms with Gasteiger partial charge in [-0.25, -0.2) is 0 Å². The van der Waals surface area contributed by atoms with Crippen molar-refractivity contribution in [1.82, 2.24) is 5.32 Å². The minimum atomic E-state index is 0. The van der Waals surface area contributed by atoms with Gasteiger partial charge in [-0.05, 0) is 56.2 Å². The third-order valence-corrected chi connectivity index (χ3v) is 5.41. The Labute approximate surface area is 146 Å². The molecule has 0 amide bonds. The quantitative estimate of drug-likeness (QED) is 0.788. The van der Waals surface area contributed by atoms with Gasteiger partial charge < -0.3 is 5.32 Å². The standard InChI is InChI=1S/C20H29NO.ClH/c1-2-13-21-17-12-11-15-9-6-10-18(19(15)14-17)20(22)16-7-4-3-5-8-16;/h6,9-10,16-17,21H,2-5,7-8,11-14H2,1H3;1H. The second-order valence-corrected chi connectivity index (χ2v) is 7.04. The number of halogens is 1. The molecule has 1 N–H and O–H groups in total. The van der Waals surface area contributed by atoms with Crippen LogP contribution in [0.2, 0.25) is 0 Å². The maximum atomic E-state index is 13.0. The lowest BCUT2D eigenvalue weighted by atomic mass is 9.79. The van der Waals surface area contributed by atoms with Gasteiger partial charge in [-0.15, -0.1) is 12.4 Å². The third kappa shape index (κ3) is 4.36. The normalized spacial score (nSPS) is 21.3. The summed E-state index contributed by atoms with van der Waals surface area (Å²) in [7, 11) is 0. The number of Topliss-reactive ketones (excluding diaryl/α,β-unsaturated/α-hetero) is 1. The van der Waals surface area contributed by atoms with E-state index in [9.17, 15) is 4.79 Å². The van der Waals surface area contributed by atoms with Gasteiger partial charge in [-0.2, -0.15) is 0 Å². The molecule has 2 nitrogen and oxygen atoms in total. The summed E-state index contributed by atoms with van der Waals surface area (Å²) in [5.74, 6) is 0.705. The number of rotatable bonds is 5. The first kappa shape index (κ1) is 18.5. The highest BCUT2D eigenvalue weighted by molar-refractivity contribution is 5.99. The zero-order chi connectivity index (χ0) is 15.4. The fraction of sp³-hybridized carbons (Fsp3) is 0.650. The molecule has 1 aromatic carbocycles. The van der Waals surface area contributed by atoms with Crippen molar-refractivity contribution < 1.29 is 4.79 Å². The predicted octanol–water partition coefficient (Wildman–Crippen LogP) is 4.73. The molecule has 0 radical (unpaired) electrons. The van der Waals surface area contributed by atoms with Gasteiger partial charge in [0.25, 0.3) is 0 Å². The summed E-state index contributed by atoms with van der Waals surface area (Å²) in [6, 6.07) is 6.95. The van der Waals surface area contributed by atoms with Crippen LogP contribution in [0.25, 0.3) is 0 Å². The lowest BCUT2D eigenvalue weighted by Crippen LogP contribution is -2.36. The number of nitrogens with one attached hydrogen (secondary N) is 1. The van der Waals surface area contributed by atoms with E-state index in [1.165, 1.54) is 43.2 Å². The molecule has 128 valence electrons. The molecule has 1 aromatic rings. The Hall–Kier alpha value is -0.860. The molecule has 1 fully saturated rings. The summed E-state index contributed by atoms with van der Waals surface area (Å²) >= 11 is 0. The number of carbonyl (C=O) groups is 1. The van der Waals surface area contributed by atoms with E-state index in [4.69, 9.17) is 0 Å². The summed E-state index contributed by atoms with van der Waals surface area (Å²) in [5.41, 5.74) is 3.79.